The molecule has 8 rings (SSSR count). The Morgan fingerprint density at radius 3 is 1.69 bits per heavy atom. The molecule has 4 aromatic heterocycles. The highest BCUT2D eigenvalue weighted by atomic mass is 35.5. The second-order valence-electron chi connectivity index (χ2n) is 14.6. The van der Waals surface area contributed by atoms with Gasteiger partial charge in [0.25, 0.3) is 0 Å². The quantitative estimate of drug-likeness (QED) is 0.155. The summed E-state index contributed by atoms with van der Waals surface area (Å²) in [5, 5.41) is 10.2. The molecule has 0 bridgehead atoms. The van der Waals surface area contributed by atoms with E-state index in [0.717, 1.165) is 62.8 Å². The van der Waals surface area contributed by atoms with E-state index in [0.29, 0.717) is 55.1 Å². The number of esters is 1. The third-order valence-corrected chi connectivity index (χ3v) is 11.2. The average Bonchev–Trinajstić information content (AvgIpc) is 3.72. The molecule has 14 nitrogen and oxygen atoms in total. The summed E-state index contributed by atoms with van der Waals surface area (Å²) in [6, 6.07) is 26.7. The molecule has 0 aliphatic carbocycles. The Labute approximate surface area is 347 Å². The second-order valence-corrected chi connectivity index (χ2v) is 15.5. The smallest absolute Gasteiger partial charge is 0.350 e. The van der Waals surface area contributed by atoms with Gasteiger partial charge in [-0.3, -0.25) is 18.6 Å². The molecular weight excluding hydrogens is 779 g/mol. The second kappa shape index (κ2) is 19.1. The number of hydrogen-bond donors (Lipinski definition) is 0. The van der Waals surface area contributed by atoms with Gasteiger partial charge in [0.05, 0.1) is 6.61 Å². The molecule has 2 saturated heterocycles. The van der Waals surface area contributed by atoms with Gasteiger partial charge in [-0.25, -0.2) is 23.7 Å². The largest absolute Gasteiger partial charge is 0.464 e. The van der Waals surface area contributed by atoms with Gasteiger partial charge in [0.1, 0.15) is 6.04 Å². The van der Waals surface area contributed by atoms with E-state index >= 15 is 0 Å². The molecule has 16 heteroatoms. The Morgan fingerprint density at radius 2 is 1.19 bits per heavy atom. The first-order valence-electron chi connectivity index (χ1n) is 19.9. The summed E-state index contributed by atoms with van der Waals surface area (Å²) in [5.41, 5.74) is 3.25. The summed E-state index contributed by atoms with van der Waals surface area (Å²) < 4.78 is 11.5. The van der Waals surface area contributed by atoms with Gasteiger partial charge < -0.3 is 14.5 Å². The fraction of sp³-hybridized carbons (Fsp3) is 0.405. The predicted octanol–water partition coefficient (Wildman–Crippen LogP) is 5.04. The van der Waals surface area contributed by atoms with E-state index in [1.54, 1.807) is 25.9 Å². The molecule has 2 fully saturated rings. The Balaban J connectivity index is 0.000000178. The lowest BCUT2D eigenvalue weighted by molar-refractivity contribution is -0.145. The highest BCUT2D eigenvalue weighted by molar-refractivity contribution is 6.31. The molecule has 6 heterocycles. The Bertz CT molecular complexity index is 2430. The topological polar surface area (TPSA) is 118 Å². The van der Waals surface area contributed by atoms with Crippen LogP contribution in [0.3, 0.4) is 0 Å². The van der Waals surface area contributed by atoms with Gasteiger partial charge in [0, 0.05) is 105 Å². The van der Waals surface area contributed by atoms with E-state index < -0.39 is 6.04 Å². The first-order valence-corrected chi connectivity index (χ1v) is 20.7. The van der Waals surface area contributed by atoms with Crippen molar-refractivity contribution in [2.24, 2.45) is 0 Å². The standard InChI is InChI=1S/C22H26ClN5O3.C20H24ClN5O/c1-2-31-21(29)19-16-25(13-14-26(19)18-8-5-7-17(23)15-18)10-6-12-28-22(30)27-11-4-3-9-20(27)24-28;1-16-15-23(12-13-24(16)18-7-4-6-17(21)14-18)9-5-11-26-20(27)25-10-3-2-8-19(25)22-26/h3-5,7-9,11,15,19H,2,6,10,12-14,16H2,1H3;2-4,6-8,10,14,16H,5,9,11-13,15H2,1H3. The van der Waals surface area contributed by atoms with Crippen LogP contribution >= 0.6 is 23.2 Å². The van der Waals surface area contributed by atoms with Crippen LogP contribution in [0, 0.1) is 0 Å². The number of nitrogens with zero attached hydrogens (tertiary/aromatic N) is 10. The molecule has 2 unspecified atom stereocenters. The molecule has 0 saturated carbocycles. The molecule has 2 aliphatic heterocycles. The van der Waals surface area contributed by atoms with Gasteiger partial charge in [0.15, 0.2) is 11.3 Å². The zero-order chi connectivity index (χ0) is 40.6. The van der Waals surface area contributed by atoms with Crippen LogP contribution in [0.5, 0.6) is 0 Å². The molecule has 2 aliphatic rings. The van der Waals surface area contributed by atoms with Crippen LogP contribution in [-0.2, 0) is 22.6 Å². The maximum atomic E-state index is 12.7. The summed E-state index contributed by atoms with van der Waals surface area (Å²) in [6.07, 6.45) is 5.16. The van der Waals surface area contributed by atoms with Crippen LogP contribution in [0.4, 0.5) is 11.4 Å². The van der Waals surface area contributed by atoms with Crippen LogP contribution in [0.15, 0.2) is 107 Å². The minimum Gasteiger partial charge on any atom is -0.464 e. The van der Waals surface area contributed by atoms with E-state index in [1.807, 2.05) is 85.8 Å². The Hall–Kier alpha value is -5.15. The molecule has 0 spiro atoms. The van der Waals surface area contributed by atoms with Crippen molar-refractivity contribution in [2.45, 2.75) is 51.9 Å². The fourth-order valence-electron chi connectivity index (χ4n) is 7.84. The van der Waals surface area contributed by atoms with Crippen molar-refractivity contribution in [3.63, 3.8) is 0 Å². The average molecular weight is 830 g/mol. The van der Waals surface area contributed by atoms with Gasteiger partial charge in [-0.2, -0.15) is 0 Å². The SMILES string of the molecule is CC1CN(CCCn2nc3ccccn3c2=O)CCN1c1cccc(Cl)c1.CCOC(=O)C1CN(CCCn2nc3ccccn3c2=O)CCN1c1cccc(Cl)c1. The van der Waals surface area contributed by atoms with Crippen molar-refractivity contribution in [1.29, 1.82) is 0 Å². The number of benzene rings is 2. The van der Waals surface area contributed by atoms with E-state index in [9.17, 15) is 14.4 Å². The zero-order valence-electron chi connectivity index (χ0n) is 32.9. The lowest BCUT2D eigenvalue weighted by atomic mass is 10.1. The maximum absolute atomic E-state index is 12.7. The lowest BCUT2D eigenvalue weighted by Gasteiger charge is -2.41. The van der Waals surface area contributed by atoms with E-state index in [2.05, 4.69) is 42.8 Å². The van der Waals surface area contributed by atoms with Crippen molar-refractivity contribution in [3.05, 3.63) is 128 Å². The molecule has 0 radical (unpaired) electrons. The summed E-state index contributed by atoms with van der Waals surface area (Å²) >= 11 is 12.3. The van der Waals surface area contributed by atoms with Crippen molar-refractivity contribution in [2.75, 3.05) is 68.8 Å². The Kier molecular flexibility index (Phi) is 13.5. The fourth-order valence-corrected chi connectivity index (χ4v) is 8.21. The number of hydrogen-bond acceptors (Lipinski definition) is 10. The highest BCUT2D eigenvalue weighted by Crippen LogP contribution is 2.26. The van der Waals surface area contributed by atoms with Crippen molar-refractivity contribution in [3.8, 4) is 0 Å². The van der Waals surface area contributed by atoms with Crippen LogP contribution in [0.1, 0.15) is 26.7 Å². The van der Waals surface area contributed by atoms with Crippen LogP contribution in [0.2, 0.25) is 10.0 Å². The zero-order valence-corrected chi connectivity index (χ0v) is 34.5. The monoisotopic (exact) mass is 828 g/mol. The van der Waals surface area contributed by atoms with Gasteiger partial charge in [-0.05, 0) is 87.4 Å². The third kappa shape index (κ3) is 9.75. The third-order valence-electron chi connectivity index (χ3n) is 10.7. The van der Waals surface area contributed by atoms with Crippen LogP contribution in [0.25, 0.3) is 11.3 Å². The molecule has 58 heavy (non-hydrogen) atoms. The normalized spacial score (nSPS) is 17.7. The van der Waals surface area contributed by atoms with E-state index in [-0.39, 0.29) is 17.3 Å². The Morgan fingerprint density at radius 1 is 0.672 bits per heavy atom. The van der Waals surface area contributed by atoms with E-state index in [4.69, 9.17) is 27.9 Å². The number of rotatable bonds is 12. The number of ether oxygens (including phenoxy) is 1. The molecule has 6 aromatic rings. The lowest BCUT2D eigenvalue weighted by Crippen LogP contribution is -2.57. The molecule has 306 valence electrons. The van der Waals surface area contributed by atoms with Gasteiger partial charge in [0.2, 0.25) is 0 Å². The number of carbonyl (C=O) groups is 1. The number of fused-ring (bicyclic) bond motifs is 2. The van der Waals surface area contributed by atoms with E-state index in [1.165, 1.54) is 10.4 Å². The number of halogens is 2. The first kappa shape index (κ1) is 41.0. The summed E-state index contributed by atoms with van der Waals surface area (Å²) in [4.78, 5) is 46.6. The van der Waals surface area contributed by atoms with Crippen molar-refractivity contribution >= 4 is 51.8 Å². The molecular formula is C42H50Cl2N10O4. The number of carbonyl (C=O) groups excluding carboxylic acids is 1. The predicted molar refractivity (Wildman–Crippen MR) is 228 cm³/mol. The van der Waals surface area contributed by atoms with Crippen molar-refractivity contribution in [1.82, 2.24) is 38.2 Å². The summed E-state index contributed by atoms with van der Waals surface area (Å²) in [5.74, 6) is -0.233. The van der Waals surface area contributed by atoms with Crippen LogP contribution < -0.4 is 21.2 Å². The number of piperazine rings is 2. The summed E-state index contributed by atoms with van der Waals surface area (Å²) in [6.45, 7) is 12.4. The van der Waals surface area contributed by atoms with Gasteiger partial charge in [-0.15, -0.1) is 10.2 Å². The number of aryl methyl sites for hydroxylation is 2. The molecule has 2 atom stereocenters. The number of aromatic nitrogens is 6. The highest BCUT2D eigenvalue weighted by Gasteiger charge is 2.33. The molecule has 0 amide bonds. The summed E-state index contributed by atoms with van der Waals surface area (Å²) in [7, 11) is 0. The minimum atomic E-state index is -0.398. The number of anilines is 2. The maximum Gasteiger partial charge on any atom is 0.350 e. The molecule has 0 N–H and O–H groups in total. The minimum absolute atomic E-state index is 0.0651. The first-order chi connectivity index (χ1) is 28.2. The molecule has 2 aromatic carbocycles. The van der Waals surface area contributed by atoms with Gasteiger partial charge in [-0.1, -0.05) is 47.5 Å². The van der Waals surface area contributed by atoms with Crippen LogP contribution in [-0.4, -0.2) is 115 Å². The number of pyridine rings is 2. The van der Waals surface area contributed by atoms with Gasteiger partial charge >= 0.3 is 17.3 Å². The van der Waals surface area contributed by atoms with Crippen molar-refractivity contribution < 1.29 is 9.53 Å².